The largest absolute Gasteiger partial charge is 0.356 e. The maximum Gasteiger partial charge on any atom is 0.191 e. The van der Waals surface area contributed by atoms with Crippen LogP contribution in [0.2, 0.25) is 0 Å². The molecule has 0 saturated heterocycles. The molecular formula is C16H21FN4S2. The van der Waals surface area contributed by atoms with Crippen LogP contribution in [0.3, 0.4) is 0 Å². The van der Waals surface area contributed by atoms with Gasteiger partial charge in [-0.15, -0.1) is 23.1 Å². The first-order chi connectivity index (χ1) is 11.2. The second kappa shape index (κ2) is 9.52. The van der Waals surface area contributed by atoms with E-state index in [9.17, 15) is 4.39 Å². The van der Waals surface area contributed by atoms with E-state index >= 15 is 0 Å². The van der Waals surface area contributed by atoms with Gasteiger partial charge < -0.3 is 10.6 Å². The molecule has 0 radical (unpaired) electrons. The number of benzene rings is 1. The van der Waals surface area contributed by atoms with Crippen molar-refractivity contribution in [3.05, 3.63) is 46.2 Å². The molecule has 124 valence electrons. The van der Waals surface area contributed by atoms with Crippen molar-refractivity contribution < 1.29 is 4.39 Å². The molecule has 1 heterocycles. The molecule has 0 aliphatic rings. The monoisotopic (exact) mass is 352 g/mol. The lowest BCUT2D eigenvalue weighted by atomic mass is 10.3. The Morgan fingerprint density at radius 3 is 2.65 bits per heavy atom. The molecule has 2 rings (SSSR count). The minimum atomic E-state index is -0.201. The summed E-state index contributed by atoms with van der Waals surface area (Å²) in [7, 11) is 1.76. The average molecular weight is 353 g/mol. The number of hydrogen-bond acceptors (Lipinski definition) is 4. The maximum absolute atomic E-state index is 12.8. The number of nitrogens with one attached hydrogen (secondary N) is 2. The van der Waals surface area contributed by atoms with Crippen LogP contribution >= 0.6 is 23.1 Å². The van der Waals surface area contributed by atoms with Crippen molar-refractivity contribution in [1.82, 2.24) is 15.6 Å². The highest BCUT2D eigenvalue weighted by Gasteiger charge is 2.01. The number of aliphatic imine (C=N–C) groups is 1. The molecular weight excluding hydrogens is 331 g/mol. The number of aromatic nitrogens is 1. The van der Waals surface area contributed by atoms with E-state index in [1.807, 2.05) is 6.92 Å². The number of hydrogen-bond donors (Lipinski definition) is 2. The molecule has 0 atom stereocenters. The lowest BCUT2D eigenvalue weighted by molar-refractivity contribution is 0.626. The summed E-state index contributed by atoms with van der Waals surface area (Å²) in [5.74, 6) is 1.47. The van der Waals surface area contributed by atoms with Gasteiger partial charge in [-0.25, -0.2) is 9.37 Å². The molecule has 1 aromatic carbocycles. The van der Waals surface area contributed by atoms with Crippen LogP contribution in [0.25, 0.3) is 0 Å². The quantitative estimate of drug-likeness (QED) is 0.348. The van der Waals surface area contributed by atoms with Gasteiger partial charge in [0, 0.05) is 42.6 Å². The number of rotatable bonds is 7. The second-order valence-electron chi connectivity index (χ2n) is 4.84. The van der Waals surface area contributed by atoms with Gasteiger partial charge in [0.2, 0.25) is 0 Å². The summed E-state index contributed by atoms with van der Waals surface area (Å²) in [6, 6.07) is 6.55. The first-order valence-electron chi connectivity index (χ1n) is 7.41. The zero-order valence-electron chi connectivity index (χ0n) is 13.3. The zero-order valence-corrected chi connectivity index (χ0v) is 14.9. The third-order valence-electron chi connectivity index (χ3n) is 3.04. The summed E-state index contributed by atoms with van der Waals surface area (Å²) in [5.41, 5.74) is 1.11. The Balaban J connectivity index is 1.62. The Kier molecular flexibility index (Phi) is 7.35. The van der Waals surface area contributed by atoms with Crippen molar-refractivity contribution in [3.63, 3.8) is 0 Å². The van der Waals surface area contributed by atoms with E-state index in [1.165, 1.54) is 12.1 Å². The molecule has 2 N–H and O–H groups in total. The topological polar surface area (TPSA) is 49.3 Å². The van der Waals surface area contributed by atoms with E-state index in [0.29, 0.717) is 0 Å². The van der Waals surface area contributed by atoms with Crippen molar-refractivity contribution in [3.8, 4) is 0 Å². The molecule has 4 nitrogen and oxygen atoms in total. The standard InChI is InChI=1S/C16H21FN4S2/c1-12-21-14(11-23-12)7-8-19-16(18-2)20-9-10-22-15-5-3-13(17)4-6-15/h3-6,11H,7-10H2,1-2H3,(H2,18,19,20). The Labute approximate surface area is 144 Å². The van der Waals surface area contributed by atoms with E-state index < -0.39 is 0 Å². The highest BCUT2D eigenvalue weighted by molar-refractivity contribution is 7.99. The number of guanidine groups is 1. The smallest absolute Gasteiger partial charge is 0.191 e. The summed E-state index contributed by atoms with van der Waals surface area (Å²) < 4.78 is 12.8. The van der Waals surface area contributed by atoms with Crippen LogP contribution in [-0.2, 0) is 6.42 Å². The van der Waals surface area contributed by atoms with Crippen molar-refractivity contribution in [2.75, 3.05) is 25.9 Å². The van der Waals surface area contributed by atoms with E-state index in [1.54, 1.807) is 42.3 Å². The molecule has 7 heteroatoms. The van der Waals surface area contributed by atoms with Gasteiger partial charge in [-0.3, -0.25) is 4.99 Å². The Morgan fingerprint density at radius 2 is 2.00 bits per heavy atom. The third-order valence-corrected chi connectivity index (χ3v) is 4.88. The van der Waals surface area contributed by atoms with Crippen LogP contribution in [-0.4, -0.2) is 36.8 Å². The minimum Gasteiger partial charge on any atom is -0.356 e. The third kappa shape index (κ3) is 6.58. The first-order valence-corrected chi connectivity index (χ1v) is 9.28. The molecule has 0 aliphatic carbocycles. The van der Waals surface area contributed by atoms with Gasteiger partial charge in [0.1, 0.15) is 5.82 Å². The second-order valence-corrected chi connectivity index (χ2v) is 7.07. The van der Waals surface area contributed by atoms with Gasteiger partial charge in [-0.2, -0.15) is 0 Å². The predicted molar refractivity (Wildman–Crippen MR) is 97.0 cm³/mol. The molecule has 2 aromatic rings. The Morgan fingerprint density at radius 1 is 1.26 bits per heavy atom. The molecule has 0 aliphatic heterocycles. The Hall–Kier alpha value is -1.60. The molecule has 0 spiro atoms. The molecule has 1 aromatic heterocycles. The van der Waals surface area contributed by atoms with Crippen molar-refractivity contribution in [2.24, 2.45) is 4.99 Å². The molecule has 0 fully saturated rings. The van der Waals surface area contributed by atoms with Gasteiger partial charge in [0.25, 0.3) is 0 Å². The number of halogens is 1. The molecule has 0 amide bonds. The summed E-state index contributed by atoms with van der Waals surface area (Å²) in [6.07, 6.45) is 0.884. The van der Waals surface area contributed by atoms with Crippen LogP contribution < -0.4 is 10.6 Å². The fourth-order valence-corrected chi connectivity index (χ4v) is 3.34. The highest BCUT2D eigenvalue weighted by Crippen LogP contribution is 2.17. The maximum atomic E-state index is 12.8. The highest BCUT2D eigenvalue weighted by atomic mass is 32.2. The van der Waals surface area contributed by atoms with Crippen molar-refractivity contribution in [1.29, 1.82) is 0 Å². The summed E-state index contributed by atoms with van der Waals surface area (Å²) in [4.78, 5) is 9.70. The van der Waals surface area contributed by atoms with Crippen LogP contribution in [0.1, 0.15) is 10.7 Å². The minimum absolute atomic E-state index is 0.201. The number of thioether (sulfide) groups is 1. The van der Waals surface area contributed by atoms with E-state index in [0.717, 1.165) is 46.8 Å². The molecule has 0 bridgehead atoms. The summed E-state index contributed by atoms with van der Waals surface area (Å²) in [6.45, 7) is 3.60. The van der Waals surface area contributed by atoms with Gasteiger partial charge in [-0.1, -0.05) is 0 Å². The van der Waals surface area contributed by atoms with Gasteiger partial charge >= 0.3 is 0 Å². The van der Waals surface area contributed by atoms with Gasteiger partial charge in [0.05, 0.1) is 10.7 Å². The van der Waals surface area contributed by atoms with Crippen LogP contribution in [0, 0.1) is 12.7 Å². The first kappa shape index (κ1) is 17.7. The van der Waals surface area contributed by atoms with E-state index in [2.05, 4.69) is 26.0 Å². The molecule has 23 heavy (non-hydrogen) atoms. The van der Waals surface area contributed by atoms with Gasteiger partial charge in [0.15, 0.2) is 5.96 Å². The SMILES string of the molecule is CN=C(NCCSc1ccc(F)cc1)NCCc1csc(C)n1. The molecule has 0 unspecified atom stereocenters. The van der Waals surface area contributed by atoms with E-state index in [4.69, 9.17) is 0 Å². The average Bonchev–Trinajstić information content (AvgIpc) is 2.97. The predicted octanol–water partition coefficient (Wildman–Crippen LogP) is 3.09. The van der Waals surface area contributed by atoms with Crippen molar-refractivity contribution >= 4 is 29.1 Å². The normalized spacial score (nSPS) is 11.5. The Bertz CT molecular complexity index is 625. The number of thiazole rings is 1. The fraction of sp³-hybridized carbons (Fsp3) is 0.375. The fourth-order valence-electron chi connectivity index (χ4n) is 1.92. The zero-order chi connectivity index (χ0) is 16.5. The number of aryl methyl sites for hydroxylation is 1. The van der Waals surface area contributed by atoms with Crippen LogP contribution in [0.5, 0.6) is 0 Å². The summed E-state index contributed by atoms with van der Waals surface area (Å²) in [5, 5.41) is 9.73. The van der Waals surface area contributed by atoms with Crippen molar-refractivity contribution in [2.45, 2.75) is 18.2 Å². The van der Waals surface area contributed by atoms with Crippen LogP contribution in [0.4, 0.5) is 4.39 Å². The van der Waals surface area contributed by atoms with Gasteiger partial charge in [-0.05, 0) is 31.2 Å². The molecule has 0 saturated carbocycles. The lowest BCUT2D eigenvalue weighted by Crippen LogP contribution is -2.39. The van der Waals surface area contributed by atoms with E-state index in [-0.39, 0.29) is 5.82 Å². The van der Waals surface area contributed by atoms with Crippen LogP contribution in [0.15, 0.2) is 39.5 Å². The summed E-state index contributed by atoms with van der Waals surface area (Å²) >= 11 is 3.36. The number of nitrogens with zero attached hydrogens (tertiary/aromatic N) is 2. The lowest BCUT2D eigenvalue weighted by Gasteiger charge is -2.11.